The number of carbonyl (C=O) groups is 1. The number of nitro groups is 1. The molecule has 0 bridgehead atoms. The molecule has 3 aromatic carbocycles. The molecule has 30 heavy (non-hydrogen) atoms. The van der Waals surface area contributed by atoms with Crippen molar-refractivity contribution in [3.8, 4) is 17.6 Å². The molecular weight excluding hydrogens is 382 g/mol. The second kappa shape index (κ2) is 8.45. The summed E-state index contributed by atoms with van der Waals surface area (Å²) >= 11 is 0. The summed E-state index contributed by atoms with van der Waals surface area (Å²) in [6, 6.07) is 21.7. The third-order valence-electron chi connectivity index (χ3n) is 4.50. The number of anilines is 1. The lowest BCUT2D eigenvalue weighted by Crippen LogP contribution is -2.17. The Morgan fingerprint density at radius 2 is 1.73 bits per heavy atom. The third kappa shape index (κ3) is 4.80. The number of nitrogens with one attached hydrogen (secondary N) is 1. The number of nitro benzene ring substituents is 1. The predicted molar refractivity (Wildman–Crippen MR) is 113 cm³/mol. The van der Waals surface area contributed by atoms with Gasteiger partial charge in [-0.15, -0.1) is 0 Å². The molecule has 7 nitrogen and oxygen atoms in total. The van der Waals surface area contributed by atoms with Crippen molar-refractivity contribution < 1.29 is 14.5 Å². The van der Waals surface area contributed by atoms with Crippen molar-refractivity contribution in [2.45, 2.75) is 19.3 Å². The zero-order valence-corrected chi connectivity index (χ0v) is 16.5. The highest BCUT2D eigenvalue weighted by Crippen LogP contribution is 2.27. The first-order valence-corrected chi connectivity index (χ1v) is 9.14. The van der Waals surface area contributed by atoms with E-state index in [2.05, 4.69) is 11.4 Å². The van der Waals surface area contributed by atoms with Crippen molar-refractivity contribution in [2.24, 2.45) is 0 Å². The van der Waals surface area contributed by atoms with Crippen LogP contribution in [0.4, 0.5) is 11.4 Å². The molecule has 3 aromatic rings. The van der Waals surface area contributed by atoms with E-state index in [1.165, 1.54) is 24.3 Å². The SMILES string of the molecule is CC(C)(C#N)c1cccc(C(=O)Nc2cccc(Oc3ccc([N+](=O)[O-])cc3)c2)c1. The summed E-state index contributed by atoms with van der Waals surface area (Å²) in [7, 11) is 0. The molecule has 0 saturated heterocycles. The Morgan fingerprint density at radius 1 is 1.03 bits per heavy atom. The molecule has 7 heteroatoms. The minimum atomic E-state index is -0.700. The van der Waals surface area contributed by atoms with Gasteiger partial charge in [-0.25, -0.2) is 0 Å². The summed E-state index contributed by atoms with van der Waals surface area (Å²) in [6.07, 6.45) is 0. The number of amides is 1. The first-order chi connectivity index (χ1) is 14.3. The first kappa shape index (κ1) is 20.6. The number of non-ortho nitro benzene ring substituents is 1. The topological polar surface area (TPSA) is 105 Å². The lowest BCUT2D eigenvalue weighted by atomic mass is 9.85. The van der Waals surface area contributed by atoms with Crippen LogP contribution in [-0.4, -0.2) is 10.8 Å². The van der Waals surface area contributed by atoms with Crippen LogP contribution in [0.1, 0.15) is 29.8 Å². The van der Waals surface area contributed by atoms with Gasteiger partial charge in [0, 0.05) is 29.4 Å². The molecule has 0 aliphatic rings. The zero-order chi connectivity index (χ0) is 21.7. The number of nitriles is 1. The van der Waals surface area contributed by atoms with Crippen LogP contribution in [0.3, 0.4) is 0 Å². The van der Waals surface area contributed by atoms with Crippen molar-refractivity contribution in [3.63, 3.8) is 0 Å². The van der Waals surface area contributed by atoms with Gasteiger partial charge in [-0.05, 0) is 55.8 Å². The number of hydrogen-bond acceptors (Lipinski definition) is 5. The number of carbonyl (C=O) groups excluding carboxylic acids is 1. The average Bonchev–Trinajstić information content (AvgIpc) is 2.74. The molecule has 0 atom stereocenters. The van der Waals surface area contributed by atoms with E-state index < -0.39 is 10.3 Å². The molecule has 0 heterocycles. The average molecular weight is 401 g/mol. The molecule has 3 rings (SSSR count). The van der Waals surface area contributed by atoms with Crippen LogP contribution in [-0.2, 0) is 5.41 Å². The summed E-state index contributed by atoms with van der Waals surface area (Å²) in [5, 5.41) is 22.9. The highest BCUT2D eigenvalue weighted by Gasteiger charge is 2.20. The van der Waals surface area contributed by atoms with Gasteiger partial charge in [0.1, 0.15) is 11.5 Å². The van der Waals surface area contributed by atoms with Gasteiger partial charge in [-0.1, -0.05) is 18.2 Å². The van der Waals surface area contributed by atoms with E-state index in [1.807, 2.05) is 6.07 Å². The van der Waals surface area contributed by atoms with Gasteiger partial charge < -0.3 is 10.1 Å². The van der Waals surface area contributed by atoms with Gasteiger partial charge in [-0.3, -0.25) is 14.9 Å². The van der Waals surface area contributed by atoms with Crippen molar-refractivity contribution in [1.82, 2.24) is 0 Å². The Labute approximate surface area is 173 Å². The van der Waals surface area contributed by atoms with E-state index in [1.54, 1.807) is 56.3 Å². The van der Waals surface area contributed by atoms with Crippen LogP contribution < -0.4 is 10.1 Å². The largest absolute Gasteiger partial charge is 0.457 e. The molecule has 0 unspecified atom stereocenters. The van der Waals surface area contributed by atoms with E-state index in [0.717, 1.165) is 5.56 Å². The van der Waals surface area contributed by atoms with Crippen LogP contribution in [0.2, 0.25) is 0 Å². The second-order valence-corrected chi connectivity index (χ2v) is 7.15. The van der Waals surface area contributed by atoms with E-state index in [9.17, 15) is 20.2 Å². The van der Waals surface area contributed by atoms with Crippen molar-refractivity contribution in [3.05, 3.63) is 94.0 Å². The van der Waals surface area contributed by atoms with E-state index in [-0.39, 0.29) is 11.6 Å². The molecule has 0 radical (unpaired) electrons. The fraction of sp³-hybridized carbons (Fsp3) is 0.130. The minimum absolute atomic E-state index is 0.0230. The number of benzene rings is 3. The van der Waals surface area contributed by atoms with Crippen LogP contribution in [0.15, 0.2) is 72.8 Å². The Hall–Kier alpha value is -4.18. The lowest BCUT2D eigenvalue weighted by Gasteiger charge is -2.16. The summed E-state index contributed by atoms with van der Waals surface area (Å²) < 4.78 is 5.71. The van der Waals surface area contributed by atoms with Crippen LogP contribution in [0, 0.1) is 21.4 Å². The van der Waals surface area contributed by atoms with Crippen LogP contribution >= 0.6 is 0 Å². The summed E-state index contributed by atoms with van der Waals surface area (Å²) in [6.45, 7) is 3.59. The number of hydrogen-bond donors (Lipinski definition) is 1. The van der Waals surface area contributed by atoms with Gasteiger partial charge in [0.25, 0.3) is 11.6 Å². The fourth-order valence-corrected chi connectivity index (χ4v) is 2.73. The monoisotopic (exact) mass is 401 g/mol. The van der Waals surface area contributed by atoms with Gasteiger partial charge in [-0.2, -0.15) is 5.26 Å². The zero-order valence-electron chi connectivity index (χ0n) is 16.5. The molecule has 1 N–H and O–H groups in total. The summed E-state index contributed by atoms with van der Waals surface area (Å²) in [4.78, 5) is 22.9. The maximum Gasteiger partial charge on any atom is 0.269 e. The van der Waals surface area contributed by atoms with Gasteiger partial charge in [0.2, 0.25) is 0 Å². The lowest BCUT2D eigenvalue weighted by molar-refractivity contribution is -0.384. The van der Waals surface area contributed by atoms with E-state index in [0.29, 0.717) is 22.7 Å². The Kier molecular flexibility index (Phi) is 5.79. The van der Waals surface area contributed by atoms with Crippen molar-refractivity contribution >= 4 is 17.3 Å². The predicted octanol–water partition coefficient (Wildman–Crippen LogP) is 5.44. The Morgan fingerprint density at radius 3 is 2.40 bits per heavy atom. The molecule has 0 aliphatic heterocycles. The Balaban J connectivity index is 1.74. The maximum absolute atomic E-state index is 12.7. The molecule has 0 fully saturated rings. The number of rotatable bonds is 6. The molecule has 0 saturated carbocycles. The third-order valence-corrected chi connectivity index (χ3v) is 4.50. The number of ether oxygens (including phenoxy) is 1. The highest BCUT2D eigenvalue weighted by atomic mass is 16.6. The Bertz CT molecular complexity index is 1130. The normalized spacial score (nSPS) is 10.7. The molecule has 150 valence electrons. The maximum atomic E-state index is 12.7. The standard InChI is InChI=1S/C23H19N3O4/c1-23(2,15-24)17-6-3-5-16(13-17)22(27)25-18-7-4-8-21(14-18)30-20-11-9-19(10-12-20)26(28)29/h3-14H,1-2H3,(H,25,27). The quantitative estimate of drug-likeness (QED) is 0.437. The molecular formula is C23H19N3O4. The van der Waals surface area contributed by atoms with E-state index >= 15 is 0 Å². The molecule has 0 aromatic heterocycles. The second-order valence-electron chi connectivity index (χ2n) is 7.15. The van der Waals surface area contributed by atoms with Crippen molar-refractivity contribution in [2.75, 3.05) is 5.32 Å². The van der Waals surface area contributed by atoms with Gasteiger partial charge in [0.15, 0.2) is 0 Å². The summed E-state index contributed by atoms with van der Waals surface area (Å²) in [5.74, 6) is 0.606. The molecule has 0 aliphatic carbocycles. The molecule has 0 spiro atoms. The smallest absolute Gasteiger partial charge is 0.269 e. The van der Waals surface area contributed by atoms with Gasteiger partial charge in [0.05, 0.1) is 16.4 Å². The number of nitrogens with zero attached hydrogens (tertiary/aromatic N) is 2. The fourth-order valence-electron chi connectivity index (χ4n) is 2.73. The highest BCUT2D eigenvalue weighted by molar-refractivity contribution is 6.04. The molecule has 1 amide bonds. The first-order valence-electron chi connectivity index (χ1n) is 9.14. The van der Waals surface area contributed by atoms with Crippen LogP contribution in [0.25, 0.3) is 0 Å². The van der Waals surface area contributed by atoms with Crippen LogP contribution in [0.5, 0.6) is 11.5 Å². The van der Waals surface area contributed by atoms with E-state index in [4.69, 9.17) is 4.74 Å². The van der Waals surface area contributed by atoms with Crippen molar-refractivity contribution in [1.29, 1.82) is 5.26 Å². The summed E-state index contributed by atoms with van der Waals surface area (Å²) in [5.41, 5.74) is 1.01. The minimum Gasteiger partial charge on any atom is -0.457 e. The van der Waals surface area contributed by atoms with Gasteiger partial charge >= 0.3 is 0 Å².